The number of nitrogens with one attached hydrogen (secondary N) is 1. The Bertz CT molecular complexity index is 797. The molecule has 0 saturated heterocycles. The van der Waals surface area contributed by atoms with Gasteiger partial charge in [-0.25, -0.2) is 4.98 Å². The predicted octanol–water partition coefficient (Wildman–Crippen LogP) is 5.00. The Morgan fingerprint density at radius 3 is 2.35 bits per heavy atom. The molecule has 0 atom stereocenters. The minimum Gasteiger partial charge on any atom is -0.298 e. The molecule has 1 aromatic heterocycles. The predicted molar refractivity (Wildman–Crippen MR) is 103 cm³/mol. The van der Waals surface area contributed by atoms with E-state index in [-0.39, 0.29) is 5.41 Å². The van der Waals surface area contributed by atoms with Gasteiger partial charge in [0.2, 0.25) is 5.16 Å². The summed E-state index contributed by atoms with van der Waals surface area (Å²) in [6, 6.07) is 7.50. The Hall–Kier alpha value is -1.33. The van der Waals surface area contributed by atoms with Gasteiger partial charge in [0.05, 0.1) is 5.75 Å². The molecular weight excluding hydrogens is 366 g/mol. The molecule has 4 aliphatic carbocycles. The first kappa shape index (κ1) is 16.8. The third-order valence-electron chi connectivity index (χ3n) is 6.54. The van der Waals surface area contributed by atoms with Crippen molar-refractivity contribution in [2.75, 3.05) is 5.75 Å². The van der Waals surface area contributed by atoms with Crippen molar-refractivity contribution in [3.05, 3.63) is 29.3 Å². The minimum absolute atomic E-state index is 0.0307. The van der Waals surface area contributed by atoms with E-state index < -0.39 is 0 Å². The second-order valence-electron chi connectivity index (χ2n) is 8.38. The highest BCUT2D eigenvalue weighted by molar-refractivity contribution is 7.99. The van der Waals surface area contributed by atoms with Crippen molar-refractivity contribution in [1.29, 1.82) is 0 Å². The van der Waals surface area contributed by atoms with Crippen LogP contribution in [0.25, 0.3) is 11.4 Å². The van der Waals surface area contributed by atoms with Crippen molar-refractivity contribution >= 4 is 29.1 Å². The molecule has 6 rings (SSSR count). The second kappa shape index (κ2) is 6.38. The summed E-state index contributed by atoms with van der Waals surface area (Å²) in [4.78, 5) is 17.6. The second-order valence-corrected chi connectivity index (χ2v) is 9.76. The van der Waals surface area contributed by atoms with E-state index >= 15 is 0 Å². The maximum absolute atomic E-state index is 13.1. The number of rotatable bonds is 5. The van der Waals surface area contributed by atoms with E-state index in [1.54, 1.807) is 0 Å². The maximum atomic E-state index is 13.1. The van der Waals surface area contributed by atoms with Crippen LogP contribution in [-0.2, 0) is 4.79 Å². The Morgan fingerprint density at radius 2 is 1.73 bits per heavy atom. The lowest BCUT2D eigenvalue weighted by Gasteiger charge is -2.56. The number of hydrogen-bond donors (Lipinski definition) is 1. The number of nitrogens with zero attached hydrogens (tertiary/aromatic N) is 2. The molecule has 1 aromatic carbocycles. The van der Waals surface area contributed by atoms with Crippen molar-refractivity contribution in [3.63, 3.8) is 0 Å². The lowest BCUT2D eigenvalue weighted by atomic mass is 9.48. The van der Waals surface area contributed by atoms with Crippen LogP contribution in [0.1, 0.15) is 38.5 Å². The highest BCUT2D eigenvalue weighted by Crippen LogP contribution is 2.60. The maximum Gasteiger partial charge on any atom is 0.209 e. The Balaban J connectivity index is 1.25. The molecule has 0 amide bonds. The van der Waals surface area contributed by atoms with Crippen molar-refractivity contribution < 1.29 is 4.79 Å². The molecule has 1 N–H and O–H groups in total. The fourth-order valence-corrected chi connectivity index (χ4v) is 6.74. The summed E-state index contributed by atoms with van der Waals surface area (Å²) >= 11 is 7.40. The number of halogens is 1. The van der Waals surface area contributed by atoms with Crippen LogP contribution in [0.2, 0.25) is 5.02 Å². The summed E-state index contributed by atoms with van der Waals surface area (Å²) in [7, 11) is 0. The molecule has 4 fully saturated rings. The van der Waals surface area contributed by atoms with E-state index in [1.165, 1.54) is 31.0 Å². The number of aromatic amines is 1. The quantitative estimate of drug-likeness (QED) is 0.733. The molecule has 2 aromatic rings. The Morgan fingerprint density at radius 1 is 1.12 bits per heavy atom. The fourth-order valence-electron chi connectivity index (χ4n) is 5.78. The van der Waals surface area contributed by atoms with E-state index in [9.17, 15) is 4.79 Å². The number of carbonyl (C=O) groups excluding carboxylic acids is 1. The van der Waals surface area contributed by atoms with Gasteiger partial charge in [0.15, 0.2) is 5.82 Å². The molecule has 0 spiro atoms. The summed E-state index contributed by atoms with van der Waals surface area (Å²) in [5.74, 6) is 4.04. The van der Waals surface area contributed by atoms with Gasteiger partial charge in [0.25, 0.3) is 0 Å². The SMILES string of the molecule is O=C(CSc1n[nH]c(-c2ccc(Cl)cc2)n1)C12CC3CC(CC(C3)C1)C2. The van der Waals surface area contributed by atoms with Crippen molar-refractivity contribution in [2.24, 2.45) is 23.2 Å². The molecule has 4 aliphatic rings. The van der Waals surface area contributed by atoms with Crippen LogP contribution < -0.4 is 0 Å². The largest absolute Gasteiger partial charge is 0.298 e. The topological polar surface area (TPSA) is 58.6 Å². The number of hydrogen-bond acceptors (Lipinski definition) is 4. The molecule has 0 radical (unpaired) electrons. The van der Waals surface area contributed by atoms with Crippen LogP contribution in [0.15, 0.2) is 29.4 Å². The summed E-state index contributed by atoms with van der Waals surface area (Å²) in [6.07, 6.45) is 7.48. The van der Waals surface area contributed by atoms with Crippen LogP contribution in [-0.4, -0.2) is 26.7 Å². The van der Waals surface area contributed by atoms with Gasteiger partial charge in [-0.05, 0) is 80.5 Å². The summed E-state index contributed by atoms with van der Waals surface area (Å²) in [6.45, 7) is 0. The first-order valence-electron chi connectivity index (χ1n) is 9.44. The number of H-pyrrole nitrogens is 1. The number of aromatic nitrogens is 3. The van der Waals surface area contributed by atoms with Crippen LogP contribution in [0.3, 0.4) is 0 Å². The number of benzene rings is 1. The van der Waals surface area contributed by atoms with Crippen molar-refractivity contribution in [1.82, 2.24) is 15.2 Å². The zero-order chi connectivity index (χ0) is 17.7. The molecule has 4 saturated carbocycles. The first-order valence-corrected chi connectivity index (χ1v) is 10.8. The summed E-state index contributed by atoms with van der Waals surface area (Å²) in [5.41, 5.74) is 0.915. The van der Waals surface area contributed by atoms with Crippen molar-refractivity contribution in [3.8, 4) is 11.4 Å². The number of ketones is 1. The highest BCUT2D eigenvalue weighted by atomic mass is 35.5. The third-order valence-corrected chi connectivity index (χ3v) is 7.64. The van der Waals surface area contributed by atoms with E-state index in [1.807, 2.05) is 24.3 Å². The smallest absolute Gasteiger partial charge is 0.209 e. The van der Waals surface area contributed by atoms with Crippen LogP contribution in [0.5, 0.6) is 0 Å². The van der Waals surface area contributed by atoms with E-state index in [0.29, 0.717) is 27.5 Å². The lowest BCUT2D eigenvalue weighted by Crippen LogP contribution is -2.50. The molecular formula is C20H22ClN3OS. The van der Waals surface area contributed by atoms with Crippen LogP contribution >= 0.6 is 23.4 Å². The molecule has 4 nitrogen and oxygen atoms in total. The number of Topliss-reactive ketones (excluding diaryl/α,β-unsaturated/α-hetero) is 1. The van der Waals surface area contributed by atoms with Gasteiger partial charge in [0, 0.05) is 16.0 Å². The normalized spacial score (nSPS) is 32.1. The zero-order valence-corrected chi connectivity index (χ0v) is 16.2. The van der Waals surface area contributed by atoms with Gasteiger partial charge in [-0.3, -0.25) is 9.89 Å². The first-order chi connectivity index (χ1) is 12.6. The summed E-state index contributed by atoms with van der Waals surface area (Å²) in [5, 5.41) is 8.58. The zero-order valence-electron chi connectivity index (χ0n) is 14.6. The van der Waals surface area contributed by atoms with Gasteiger partial charge in [-0.2, -0.15) is 0 Å². The average Bonchev–Trinajstić information content (AvgIpc) is 3.08. The van der Waals surface area contributed by atoms with Crippen molar-refractivity contribution in [2.45, 2.75) is 43.7 Å². The van der Waals surface area contributed by atoms with Gasteiger partial charge in [-0.15, -0.1) is 5.10 Å². The number of thioether (sulfide) groups is 1. The van der Waals surface area contributed by atoms with Gasteiger partial charge < -0.3 is 0 Å². The molecule has 0 unspecified atom stereocenters. The highest BCUT2D eigenvalue weighted by Gasteiger charge is 2.54. The van der Waals surface area contributed by atoms with Gasteiger partial charge >= 0.3 is 0 Å². The van der Waals surface area contributed by atoms with Gasteiger partial charge in [-0.1, -0.05) is 23.4 Å². The number of carbonyl (C=O) groups is 1. The molecule has 4 bridgehead atoms. The van der Waals surface area contributed by atoms with E-state index in [0.717, 1.165) is 42.6 Å². The molecule has 0 aliphatic heterocycles. The van der Waals surface area contributed by atoms with E-state index in [4.69, 9.17) is 11.6 Å². The molecule has 136 valence electrons. The van der Waals surface area contributed by atoms with Crippen LogP contribution in [0, 0.1) is 23.2 Å². The molecule has 1 heterocycles. The molecule has 6 heteroatoms. The summed E-state index contributed by atoms with van der Waals surface area (Å²) < 4.78 is 0. The standard InChI is InChI=1S/C20H22ClN3OS/c21-16-3-1-15(2-4-16)18-22-19(24-23-18)26-11-17(25)20-8-12-5-13(9-20)7-14(6-12)10-20/h1-4,12-14H,5-11H2,(H,22,23,24). The fraction of sp³-hybridized carbons (Fsp3) is 0.550. The Kier molecular flexibility index (Phi) is 4.13. The third kappa shape index (κ3) is 2.99. The average molecular weight is 388 g/mol. The van der Waals surface area contributed by atoms with Crippen LogP contribution in [0.4, 0.5) is 0 Å². The van der Waals surface area contributed by atoms with E-state index in [2.05, 4.69) is 15.2 Å². The lowest BCUT2D eigenvalue weighted by molar-refractivity contribution is -0.141. The molecule has 26 heavy (non-hydrogen) atoms. The van der Waals surface area contributed by atoms with Gasteiger partial charge in [0.1, 0.15) is 5.78 Å². The Labute approximate surface area is 162 Å². The monoisotopic (exact) mass is 387 g/mol. The minimum atomic E-state index is -0.0307.